The highest BCUT2D eigenvalue weighted by molar-refractivity contribution is 6.00. The molecule has 142 valence electrons. The Hall–Kier alpha value is -1.96. The van der Waals surface area contributed by atoms with Crippen LogP contribution in [0, 0.1) is 12.3 Å². The molecule has 1 heterocycles. The maximum absolute atomic E-state index is 12.8. The lowest BCUT2D eigenvalue weighted by atomic mass is 9.54. The molecule has 2 atom stereocenters. The molecule has 8 heteroatoms. The van der Waals surface area contributed by atoms with Crippen LogP contribution < -0.4 is 11.1 Å². The highest BCUT2D eigenvalue weighted by Gasteiger charge is 2.62. The van der Waals surface area contributed by atoms with Crippen molar-refractivity contribution in [2.45, 2.75) is 45.8 Å². The number of benzene rings is 1. The van der Waals surface area contributed by atoms with Gasteiger partial charge in [0.25, 0.3) is 0 Å². The number of ether oxygens (including phenoxy) is 1. The van der Waals surface area contributed by atoms with Gasteiger partial charge in [-0.25, -0.2) is 0 Å². The Morgan fingerprint density at radius 3 is 2.77 bits per heavy atom. The van der Waals surface area contributed by atoms with E-state index in [1.54, 1.807) is 13.0 Å². The standard InChI is InChI=1S/C18H24N4O3.ClH/c1-5-24-14-10-18(19,17(14,3)4)16(23)21-13-8-6-7-12(9-13)15-20-11(2)25-22-15;/h6-9,14H,5,10,19H2,1-4H3,(H,21,23);1H. The number of hydrogen-bond donors (Lipinski definition) is 2. The van der Waals surface area contributed by atoms with Crippen LogP contribution >= 0.6 is 12.4 Å². The first-order chi connectivity index (χ1) is 11.8. The van der Waals surface area contributed by atoms with Gasteiger partial charge in [-0.1, -0.05) is 31.1 Å². The van der Waals surface area contributed by atoms with Crippen molar-refractivity contribution in [2.75, 3.05) is 11.9 Å². The van der Waals surface area contributed by atoms with E-state index in [0.717, 1.165) is 5.56 Å². The number of aryl methyl sites for hydroxylation is 1. The molecule has 1 aliphatic rings. The number of rotatable bonds is 5. The Kier molecular flexibility index (Phi) is 5.75. The average molecular weight is 381 g/mol. The van der Waals surface area contributed by atoms with Crippen molar-refractivity contribution in [2.24, 2.45) is 11.1 Å². The summed E-state index contributed by atoms with van der Waals surface area (Å²) in [7, 11) is 0. The zero-order valence-electron chi connectivity index (χ0n) is 15.4. The van der Waals surface area contributed by atoms with E-state index in [1.807, 2.05) is 39.0 Å². The Bertz CT molecular complexity index is 792. The maximum atomic E-state index is 12.8. The summed E-state index contributed by atoms with van der Waals surface area (Å²) in [5, 5.41) is 6.81. The molecule has 26 heavy (non-hydrogen) atoms. The molecule has 2 aromatic rings. The molecule has 0 spiro atoms. The largest absolute Gasteiger partial charge is 0.378 e. The van der Waals surface area contributed by atoms with Gasteiger partial charge in [-0.15, -0.1) is 12.4 Å². The van der Waals surface area contributed by atoms with Gasteiger partial charge in [0, 0.05) is 36.6 Å². The lowest BCUT2D eigenvalue weighted by Crippen LogP contribution is -2.74. The summed E-state index contributed by atoms with van der Waals surface area (Å²) < 4.78 is 10.7. The Morgan fingerprint density at radius 2 is 2.19 bits per heavy atom. The van der Waals surface area contributed by atoms with Gasteiger partial charge in [0.15, 0.2) is 0 Å². The molecule has 0 radical (unpaired) electrons. The lowest BCUT2D eigenvalue weighted by molar-refractivity contribution is -0.166. The first-order valence-corrected chi connectivity index (χ1v) is 8.40. The van der Waals surface area contributed by atoms with Crippen LogP contribution in [0.5, 0.6) is 0 Å². The van der Waals surface area contributed by atoms with Gasteiger partial charge in [-0.2, -0.15) is 4.98 Å². The molecule has 3 N–H and O–H groups in total. The molecule has 2 unspecified atom stereocenters. The van der Waals surface area contributed by atoms with Crippen molar-refractivity contribution in [1.82, 2.24) is 10.1 Å². The average Bonchev–Trinajstić information content (AvgIpc) is 3.01. The summed E-state index contributed by atoms with van der Waals surface area (Å²) in [6.07, 6.45) is 0.491. The number of carbonyl (C=O) groups excluding carboxylic acids is 1. The minimum atomic E-state index is -0.967. The number of carbonyl (C=O) groups is 1. The van der Waals surface area contributed by atoms with Crippen molar-refractivity contribution in [3.63, 3.8) is 0 Å². The number of halogens is 1. The number of nitrogens with zero attached hydrogens (tertiary/aromatic N) is 2. The van der Waals surface area contributed by atoms with Gasteiger partial charge in [0.05, 0.1) is 6.10 Å². The molecule has 3 rings (SSSR count). The molecule has 1 aliphatic carbocycles. The van der Waals surface area contributed by atoms with E-state index in [-0.39, 0.29) is 24.4 Å². The van der Waals surface area contributed by atoms with Gasteiger partial charge >= 0.3 is 0 Å². The van der Waals surface area contributed by atoms with E-state index in [9.17, 15) is 4.79 Å². The van der Waals surface area contributed by atoms with E-state index in [2.05, 4.69) is 15.5 Å². The van der Waals surface area contributed by atoms with Crippen molar-refractivity contribution in [3.8, 4) is 11.4 Å². The van der Waals surface area contributed by atoms with E-state index < -0.39 is 11.0 Å². The van der Waals surface area contributed by atoms with Crippen molar-refractivity contribution in [1.29, 1.82) is 0 Å². The SMILES string of the molecule is CCOC1CC(N)(C(=O)Nc2cccc(-c3noc(C)n3)c2)C1(C)C.Cl. The molecule has 1 aromatic heterocycles. The zero-order chi connectivity index (χ0) is 18.2. The van der Waals surface area contributed by atoms with Crippen molar-refractivity contribution < 1.29 is 14.1 Å². The first kappa shape index (κ1) is 20.4. The second-order valence-electron chi connectivity index (χ2n) is 7.01. The number of amides is 1. The summed E-state index contributed by atoms with van der Waals surface area (Å²) >= 11 is 0. The third kappa shape index (κ3) is 3.34. The first-order valence-electron chi connectivity index (χ1n) is 8.40. The summed E-state index contributed by atoms with van der Waals surface area (Å²) in [5.41, 5.74) is 6.42. The van der Waals surface area contributed by atoms with Gasteiger partial charge in [0.1, 0.15) is 5.54 Å². The van der Waals surface area contributed by atoms with E-state index >= 15 is 0 Å². The highest BCUT2D eigenvalue weighted by Crippen LogP contribution is 2.50. The smallest absolute Gasteiger partial charge is 0.245 e. The summed E-state index contributed by atoms with van der Waals surface area (Å²) in [4.78, 5) is 17.0. The van der Waals surface area contributed by atoms with Crippen molar-refractivity contribution in [3.05, 3.63) is 30.2 Å². The van der Waals surface area contributed by atoms with E-state index in [0.29, 0.717) is 30.4 Å². The number of hydrogen-bond acceptors (Lipinski definition) is 6. The Labute approximate surface area is 159 Å². The zero-order valence-corrected chi connectivity index (χ0v) is 16.2. The molecule has 0 bridgehead atoms. The van der Waals surface area contributed by atoms with Gasteiger partial charge in [-0.05, 0) is 19.1 Å². The van der Waals surface area contributed by atoms with Gasteiger partial charge in [0.2, 0.25) is 17.6 Å². The van der Waals surface area contributed by atoms with Crippen LogP contribution in [-0.4, -0.2) is 34.3 Å². The van der Waals surface area contributed by atoms with Gasteiger partial charge < -0.3 is 20.3 Å². The van der Waals surface area contributed by atoms with E-state index in [1.165, 1.54) is 0 Å². The number of aromatic nitrogens is 2. The summed E-state index contributed by atoms with van der Waals surface area (Å²) in [5.74, 6) is 0.759. The van der Waals surface area contributed by atoms with Gasteiger partial charge in [-0.3, -0.25) is 4.79 Å². The predicted molar refractivity (Wildman–Crippen MR) is 101 cm³/mol. The van der Waals surface area contributed by atoms with Crippen LogP contribution in [-0.2, 0) is 9.53 Å². The molecule has 0 saturated heterocycles. The Morgan fingerprint density at radius 1 is 1.46 bits per heavy atom. The predicted octanol–water partition coefficient (Wildman–Crippen LogP) is 2.94. The number of anilines is 1. The third-order valence-corrected chi connectivity index (χ3v) is 5.14. The number of nitrogens with one attached hydrogen (secondary N) is 1. The monoisotopic (exact) mass is 380 g/mol. The van der Waals surface area contributed by atoms with Crippen LogP contribution in [0.15, 0.2) is 28.8 Å². The second kappa shape index (κ2) is 7.34. The molecule has 0 aliphatic heterocycles. The second-order valence-corrected chi connectivity index (χ2v) is 7.01. The number of nitrogens with two attached hydrogens (primary N) is 1. The van der Waals surface area contributed by atoms with Crippen LogP contribution in [0.25, 0.3) is 11.4 Å². The van der Waals surface area contributed by atoms with Crippen LogP contribution in [0.4, 0.5) is 5.69 Å². The minimum absolute atomic E-state index is 0. The molecular formula is C18H25ClN4O3. The quantitative estimate of drug-likeness (QED) is 0.826. The van der Waals surface area contributed by atoms with Crippen LogP contribution in [0.1, 0.15) is 33.1 Å². The van der Waals surface area contributed by atoms with E-state index in [4.69, 9.17) is 15.0 Å². The van der Waals surface area contributed by atoms with Crippen LogP contribution in [0.2, 0.25) is 0 Å². The summed E-state index contributed by atoms with van der Waals surface area (Å²) in [6, 6.07) is 7.30. The normalized spacial score (nSPS) is 23.7. The molecule has 7 nitrogen and oxygen atoms in total. The molecular weight excluding hydrogens is 356 g/mol. The molecule has 1 amide bonds. The third-order valence-electron chi connectivity index (χ3n) is 5.14. The van der Waals surface area contributed by atoms with Crippen molar-refractivity contribution >= 4 is 24.0 Å². The lowest BCUT2D eigenvalue weighted by Gasteiger charge is -2.57. The molecule has 1 aromatic carbocycles. The maximum Gasteiger partial charge on any atom is 0.245 e. The Balaban J connectivity index is 0.00000243. The molecule has 1 saturated carbocycles. The highest BCUT2D eigenvalue weighted by atomic mass is 35.5. The summed E-state index contributed by atoms with van der Waals surface area (Å²) in [6.45, 7) is 8.22. The fourth-order valence-electron chi connectivity index (χ4n) is 3.22. The molecule has 1 fully saturated rings. The fraction of sp³-hybridized carbons (Fsp3) is 0.500. The topological polar surface area (TPSA) is 103 Å². The minimum Gasteiger partial charge on any atom is -0.378 e. The fourth-order valence-corrected chi connectivity index (χ4v) is 3.22. The van der Waals surface area contributed by atoms with Crippen LogP contribution in [0.3, 0.4) is 0 Å².